The second-order valence-electron chi connectivity index (χ2n) is 4.15. The summed E-state index contributed by atoms with van der Waals surface area (Å²) in [6.45, 7) is 0.00942. The quantitative estimate of drug-likeness (QED) is 0.830. The second-order valence-corrected chi connectivity index (χ2v) is 5.29. The molecule has 0 aliphatic rings. The minimum absolute atomic E-state index is 0.00942. The van der Waals surface area contributed by atoms with Gasteiger partial charge < -0.3 is 15.8 Å². The van der Waals surface area contributed by atoms with Crippen LogP contribution in [0.5, 0.6) is 0 Å². The molecule has 4 nitrogen and oxygen atoms in total. The number of anilines is 2. The zero-order chi connectivity index (χ0) is 14.4. The highest BCUT2D eigenvalue weighted by molar-refractivity contribution is 7.99. The molecular formula is C15H16N2O2S. The van der Waals surface area contributed by atoms with Crippen LogP contribution in [0.15, 0.2) is 58.3 Å². The van der Waals surface area contributed by atoms with Gasteiger partial charge in [-0.25, -0.2) is 0 Å². The lowest BCUT2D eigenvalue weighted by Crippen LogP contribution is -2.17. The van der Waals surface area contributed by atoms with Crippen LogP contribution in [0, 0.1) is 0 Å². The van der Waals surface area contributed by atoms with Gasteiger partial charge in [0.1, 0.15) is 6.61 Å². The fourth-order valence-electron chi connectivity index (χ4n) is 1.65. The van der Waals surface area contributed by atoms with Crippen LogP contribution in [0.2, 0.25) is 0 Å². The highest BCUT2D eigenvalue weighted by atomic mass is 32.2. The maximum Gasteiger partial charge on any atom is 0.250 e. The molecule has 5 heteroatoms. The van der Waals surface area contributed by atoms with Gasteiger partial charge in [0.2, 0.25) is 5.91 Å². The first kappa shape index (κ1) is 14.4. The molecule has 2 aromatic rings. The minimum atomic E-state index is -0.221. The number of hydrogen-bond acceptors (Lipinski definition) is 4. The number of carbonyl (C=O) groups is 1. The van der Waals surface area contributed by atoms with Crippen LogP contribution in [-0.4, -0.2) is 19.6 Å². The fraction of sp³-hybridized carbons (Fsp3) is 0.133. The Labute approximate surface area is 122 Å². The van der Waals surface area contributed by atoms with Gasteiger partial charge in [0.15, 0.2) is 0 Å². The van der Waals surface area contributed by atoms with Gasteiger partial charge >= 0.3 is 0 Å². The molecule has 0 bridgehead atoms. The number of carbonyl (C=O) groups excluding carboxylic acids is 1. The van der Waals surface area contributed by atoms with Crippen LogP contribution in [0.25, 0.3) is 0 Å². The van der Waals surface area contributed by atoms with Crippen molar-refractivity contribution in [3.8, 4) is 0 Å². The lowest BCUT2D eigenvalue weighted by atomic mass is 10.2. The molecule has 0 unspecified atom stereocenters. The number of benzene rings is 2. The number of methoxy groups -OCH3 is 1. The van der Waals surface area contributed by atoms with Crippen molar-refractivity contribution in [2.24, 2.45) is 0 Å². The maximum absolute atomic E-state index is 11.5. The average molecular weight is 288 g/mol. The van der Waals surface area contributed by atoms with E-state index in [1.54, 1.807) is 17.8 Å². The minimum Gasteiger partial charge on any atom is -0.397 e. The summed E-state index contributed by atoms with van der Waals surface area (Å²) in [6.07, 6.45) is 0. The Balaban J connectivity index is 2.14. The third kappa shape index (κ3) is 4.01. The Hall–Kier alpha value is -1.98. The Morgan fingerprint density at radius 1 is 1.20 bits per heavy atom. The molecule has 0 aromatic heterocycles. The first-order chi connectivity index (χ1) is 9.69. The van der Waals surface area contributed by atoms with E-state index in [2.05, 4.69) is 5.32 Å². The molecule has 104 valence electrons. The predicted octanol–water partition coefficient (Wildman–Crippen LogP) is 3.00. The van der Waals surface area contributed by atoms with Crippen molar-refractivity contribution < 1.29 is 9.53 Å². The number of amides is 1. The van der Waals surface area contributed by atoms with E-state index in [1.165, 1.54) is 7.11 Å². The molecule has 2 rings (SSSR count). The van der Waals surface area contributed by atoms with Crippen molar-refractivity contribution in [3.63, 3.8) is 0 Å². The summed E-state index contributed by atoms with van der Waals surface area (Å²) in [5.74, 6) is -0.221. The molecular weight excluding hydrogens is 272 g/mol. The molecule has 2 aromatic carbocycles. The van der Waals surface area contributed by atoms with E-state index in [1.807, 2.05) is 42.5 Å². The highest BCUT2D eigenvalue weighted by Gasteiger charge is 2.06. The van der Waals surface area contributed by atoms with Gasteiger partial charge in [-0.2, -0.15) is 0 Å². The summed E-state index contributed by atoms with van der Waals surface area (Å²) in [6, 6.07) is 15.6. The lowest BCUT2D eigenvalue weighted by molar-refractivity contribution is -0.119. The third-order valence-electron chi connectivity index (χ3n) is 2.55. The predicted molar refractivity (Wildman–Crippen MR) is 81.9 cm³/mol. The van der Waals surface area contributed by atoms with E-state index in [0.29, 0.717) is 11.4 Å². The normalized spacial score (nSPS) is 10.2. The standard InChI is InChI=1S/C15H16N2O2S/c1-19-10-15(18)17-14-9-12(7-8-13(14)16)20-11-5-3-2-4-6-11/h2-9H,10,16H2,1H3,(H,17,18). The Morgan fingerprint density at radius 2 is 1.95 bits per heavy atom. The number of rotatable bonds is 5. The number of hydrogen-bond donors (Lipinski definition) is 2. The van der Waals surface area contributed by atoms with Gasteiger partial charge in [-0.1, -0.05) is 30.0 Å². The average Bonchev–Trinajstić information content (AvgIpc) is 2.44. The number of nitrogens with two attached hydrogens (primary N) is 1. The van der Waals surface area contributed by atoms with Crippen LogP contribution in [-0.2, 0) is 9.53 Å². The van der Waals surface area contributed by atoms with Crippen molar-refractivity contribution in [2.75, 3.05) is 24.8 Å². The molecule has 0 radical (unpaired) electrons. The molecule has 1 amide bonds. The van der Waals surface area contributed by atoms with E-state index >= 15 is 0 Å². The molecule has 0 heterocycles. The summed E-state index contributed by atoms with van der Waals surface area (Å²) in [5, 5.41) is 2.74. The summed E-state index contributed by atoms with van der Waals surface area (Å²) < 4.78 is 4.78. The molecule has 3 N–H and O–H groups in total. The van der Waals surface area contributed by atoms with Crippen LogP contribution in [0.4, 0.5) is 11.4 Å². The molecule has 0 aliphatic carbocycles. The molecule has 0 saturated carbocycles. The highest BCUT2D eigenvalue weighted by Crippen LogP contribution is 2.31. The first-order valence-corrected chi connectivity index (χ1v) is 6.92. The first-order valence-electron chi connectivity index (χ1n) is 6.10. The summed E-state index contributed by atoms with van der Waals surface area (Å²) in [7, 11) is 1.48. The summed E-state index contributed by atoms with van der Waals surface area (Å²) in [4.78, 5) is 13.7. The van der Waals surface area contributed by atoms with Gasteiger partial charge in [-0.05, 0) is 30.3 Å². The smallest absolute Gasteiger partial charge is 0.250 e. The van der Waals surface area contributed by atoms with Crippen molar-refractivity contribution >= 4 is 29.0 Å². The van der Waals surface area contributed by atoms with Gasteiger partial charge in [0.05, 0.1) is 11.4 Å². The molecule has 20 heavy (non-hydrogen) atoms. The van der Waals surface area contributed by atoms with Gasteiger partial charge in [0.25, 0.3) is 0 Å². The van der Waals surface area contributed by atoms with Gasteiger partial charge in [-0.15, -0.1) is 0 Å². The molecule has 0 aliphatic heterocycles. The monoisotopic (exact) mass is 288 g/mol. The largest absolute Gasteiger partial charge is 0.397 e. The second kappa shape index (κ2) is 6.98. The van der Waals surface area contributed by atoms with Crippen LogP contribution >= 0.6 is 11.8 Å². The van der Waals surface area contributed by atoms with E-state index in [-0.39, 0.29) is 12.5 Å². The number of nitrogen functional groups attached to an aromatic ring is 1. The van der Waals surface area contributed by atoms with Gasteiger partial charge in [-0.3, -0.25) is 4.79 Å². The molecule has 0 fully saturated rings. The van der Waals surface area contributed by atoms with Gasteiger partial charge in [0, 0.05) is 16.9 Å². The molecule has 0 atom stereocenters. The van der Waals surface area contributed by atoms with Crippen LogP contribution in [0.1, 0.15) is 0 Å². The topological polar surface area (TPSA) is 64.3 Å². The summed E-state index contributed by atoms with van der Waals surface area (Å²) >= 11 is 1.61. The fourth-order valence-corrected chi connectivity index (χ4v) is 2.53. The van der Waals surface area contributed by atoms with Crippen molar-refractivity contribution in [1.82, 2.24) is 0 Å². The zero-order valence-electron chi connectivity index (χ0n) is 11.1. The van der Waals surface area contributed by atoms with E-state index in [4.69, 9.17) is 10.5 Å². The Kier molecular flexibility index (Phi) is 5.03. The zero-order valence-corrected chi connectivity index (χ0v) is 11.9. The SMILES string of the molecule is COCC(=O)Nc1cc(Sc2ccccc2)ccc1N. The molecule has 0 saturated heterocycles. The Bertz CT molecular complexity index is 588. The van der Waals surface area contributed by atoms with Crippen molar-refractivity contribution in [1.29, 1.82) is 0 Å². The van der Waals surface area contributed by atoms with E-state index < -0.39 is 0 Å². The van der Waals surface area contributed by atoms with Crippen molar-refractivity contribution in [2.45, 2.75) is 9.79 Å². The lowest BCUT2D eigenvalue weighted by Gasteiger charge is -2.10. The Morgan fingerprint density at radius 3 is 2.65 bits per heavy atom. The van der Waals surface area contributed by atoms with Crippen molar-refractivity contribution in [3.05, 3.63) is 48.5 Å². The van der Waals surface area contributed by atoms with Crippen LogP contribution in [0.3, 0.4) is 0 Å². The third-order valence-corrected chi connectivity index (χ3v) is 3.55. The number of ether oxygens (including phenoxy) is 1. The number of nitrogens with one attached hydrogen (secondary N) is 1. The summed E-state index contributed by atoms with van der Waals surface area (Å²) in [5.41, 5.74) is 7.00. The van der Waals surface area contributed by atoms with Crippen LogP contribution < -0.4 is 11.1 Å². The molecule has 0 spiro atoms. The maximum atomic E-state index is 11.5. The van der Waals surface area contributed by atoms with E-state index in [0.717, 1.165) is 9.79 Å². The van der Waals surface area contributed by atoms with E-state index in [9.17, 15) is 4.79 Å².